The summed E-state index contributed by atoms with van der Waals surface area (Å²) in [4.78, 5) is 1.66. The molecule has 1 saturated heterocycles. The Morgan fingerprint density at radius 2 is 2.00 bits per heavy atom. The molecule has 0 bridgehead atoms. The van der Waals surface area contributed by atoms with Crippen molar-refractivity contribution >= 4 is 5.69 Å². The van der Waals surface area contributed by atoms with Gasteiger partial charge in [-0.2, -0.15) is 0 Å². The lowest BCUT2D eigenvalue weighted by molar-refractivity contribution is 0.172. The molecule has 4 nitrogen and oxygen atoms in total. The van der Waals surface area contributed by atoms with E-state index in [1.807, 2.05) is 0 Å². The average Bonchev–Trinajstić information content (AvgIpc) is 2.34. The van der Waals surface area contributed by atoms with Crippen molar-refractivity contribution in [2.45, 2.75) is 0 Å². The average molecular weight is 224 g/mol. The number of hydrogen-bond acceptors (Lipinski definition) is 4. The van der Waals surface area contributed by atoms with Crippen LogP contribution in [0.2, 0.25) is 0 Å². The Morgan fingerprint density at radius 1 is 1.19 bits per heavy atom. The van der Waals surface area contributed by atoms with Crippen LogP contribution in [0.4, 0.5) is 5.69 Å². The molecule has 0 atom stereocenters. The number of ether oxygens (including phenoxy) is 2. The predicted molar refractivity (Wildman–Crippen MR) is 62.5 cm³/mol. The van der Waals surface area contributed by atoms with E-state index in [9.17, 15) is 0 Å². The number of nitrogens with one attached hydrogen (secondary N) is 1. The van der Waals surface area contributed by atoms with Gasteiger partial charge in [0.2, 0.25) is 0 Å². The molecule has 1 N–H and O–H groups in total. The number of benzene rings is 1. The highest BCUT2D eigenvalue weighted by molar-refractivity contribution is 5.65. The first kappa shape index (κ1) is 6.35. The highest BCUT2D eigenvalue weighted by atomic mass is 16.6. The molecule has 0 aliphatic carbocycles. The number of nitrogens with zero attached hydrogens (tertiary/aromatic N) is 1. The molecular formula is C12H16N2O2. The van der Waals surface area contributed by atoms with Crippen LogP contribution < -0.4 is 19.7 Å². The summed E-state index contributed by atoms with van der Waals surface area (Å²) >= 11 is 0. The second kappa shape index (κ2) is 4.22. The summed E-state index contributed by atoms with van der Waals surface area (Å²) in [6, 6.07) is 5.39. The van der Waals surface area contributed by atoms with Crippen LogP contribution in [0.1, 0.15) is 5.48 Å². The molecule has 0 amide bonds. The lowest BCUT2D eigenvalue weighted by Crippen LogP contribution is -2.43. The quantitative estimate of drug-likeness (QED) is 0.767. The zero-order valence-corrected chi connectivity index (χ0v) is 8.82. The molecule has 0 saturated carbocycles. The van der Waals surface area contributed by atoms with E-state index in [0.29, 0.717) is 30.4 Å². The number of para-hydroxylation sites is 1. The molecule has 0 spiro atoms. The fraction of sp³-hybridized carbons (Fsp3) is 0.500. The predicted octanol–water partition coefficient (Wildman–Crippen LogP) is 0.867. The first-order valence-corrected chi connectivity index (χ1v) is 5.29. The maximum Gasteiger partial charge on any atom is 0.184 e. The number of hydrogen-bond donors (Lipinski definition) is 1. The van der Waals surface area contributed by atoms with Gasteiger partial charge in [0.1, 0.15) is 13.2 Å². The smallest absolute Gasteiger partial charge is 0.184 e. The standard InChI is InChI=1S/C12H16N2O2/c1-2-10(14-6-4-13-5-7-14)12-11(3-1)15-8-9-16-12/h1-3,13H,4-9H2/i4D2,5D2. The molecule has 2 aliphatic rings. The third-order valence-electron chi connectivity index (χ3n) is 2.60. The highest BCUT2D eigenvalue weighted by Gasteiger charge is 2.20. The number of fused-ring (bicyclic) bond motifs is 1. The largest absolute Gasteiger partial charge is 0.486 e. The second-order valence-corrected chi connectivity index (χ2v) is 3.64. The Morgan fingerprint density at radius 3 is 2.88 bits per heavy atom. The fourth-order valence-corrected chi connectivity index (χ4v) is 1.87. The Hall–Kier alpha value is -1.42. The minimum Gasteiger partial charge on any atom is -0.486 e. The first-order chi connectivity index (χ1) is 9.36. The van der Waals surface area contributed by atoms with Gasteiger partial charge in [0.25, 0.3) is 0 Å². The molecule has 0 unspecified atom stereocenters. The van der Waals surface area contributed by atoms with E-state index >= 15 is 0 Å². The molecule has 1 fully saturated rings. The van der Waals surface area contributed by atoms with Crippen LogP contribution in [0, 0.1) is 0 Å². The number of anilines is 1. The van der Waals surface area contributed by atoms with Gasteiger partial charge in [-0.1, -0.05) is 6.07 Å². The van der Waals surface area contributed by atoms with Crippen LogP contribution in [0.25, 0.3) is 0 Å². The molecule has 3 rings (SSSR count). The van der Waals surface area contributed by atoms with E-state index in [0.717, 1.165) is 0 Å². The number of piperazine rings is 1. The third kappa shape index (κ3) is 1.69. The topological polar surface area (TPSA) is 33.7 Å². The van der Waals surface area contributed by atoms with Crippen molar-refractivity contribution in [3.63, 3.8) is 0 Å². The first-order valence-electron chi connectivity index (χ1n) is 7.29. The molecule has 0 aromatic heterocycles. The van der Waals surface area contributed by atoms with E-state index in [2.05, 4.69) is 5.32 Å². The Labute approximate surface area is 101 Å². The normalized spacial score (nSPS) is 29.6. The summed E-state index contributed by atoms with van der Waals surface area (Å²) in [7, 11) is 0. The van der Waals surface area contributed by atoms with Gasteiger partial charge >= 0.3 is 0 Å². The molecular weight excluding hydrogens is 204 g/mol. The van der Waals surface area contributed by atoms with Crippen LogP contribution in [-0.2, 0) is 0 Å². The van der Waals surface area contributed by atoms with Crippen LogP contribution in [-0.4, -0.2) is 39.3 Å². The molecule has 2 aliphatic heterocycles. The Balaban J connectivity index is 1.96. The van der Waals surface area contributed by atoms with Crippen molar-refractivity contribution in [1.29, 1.82) is 0 Å². The Bertz CT molecular complexity index is 508. The summed E-state index contributed by atoms with van der Waals surface area (Å²) in [5.41, 5.74) is 0.663. The molecule has 16 heavy (non-hydrogen) atoms. The van der Waals surface area contributed by atoms with Crippen molar-refractivity contribution in [2.24, 2.45) is 0 Å². The molecule has 1 aromatic carbocycles. The van der Waals surface area contributed by atoms with E-state index in [1.165, 1.54) is 0 Å². The lowest BCUT2D eigenvalue weighted by atomic mass is 10.2. The summed E-state index contributed by atoms with van der Waals surface area (Å²) in [5.74, 6) is 1.18. The van der Waals surface area contributed by atoms with Crippen molar-refractivity contribution in [3.8, 4) is 11.5 Å². The van der Waals surface area contributed by atoms with Gasteiger partial charge in [0.15, 0.2) is 11.5 Å². The monoisotopic (exact) mass is 224 g/mol. The van der Waals surface area contributed by atoms with Gasteiger partial charge < -0.3 is 19.7 Å². The molecule has 2 heterocycles. The van der Waals surface area contributed by atoms with Crippen LogP contribution in [0.5, 0.6) is 11.5 Å². The zero-order valence-electron chi connectivity index (χ0n) is 12.8. The highest BCUT2D eigenvalue weighted by Crippen LogP contribution is 2.39. The number of rotatable bonds is 1. The molecule has 4 heteroatoms. The second-order valence-electron chi connectivity index (χ2n) is 3.64. The summed E-state index contributed by atoms with van der Waals surface area (Å²) in [6.07, 6.45) is 0. The van der Waals surface area contributed by atoms with Gasteiger partial charge in [-0.05, 0) is 12.1 Å². The maximum atomic E-state index is 7.80. The van der Waals surface area contributed by atoms with E-state index in [4.69, 9.17) is 15.0 Å². The summed E-state index contributed by atoms with van der Waals surface area (Å²) in [5, 5.41) is 2.36. The minimum atomic E-state index is -1.81. The van der Waals surface area contributed by atoms with Gasteiger partial charge in [0, 0.05) is 31.6 Å². The third-order valence-corrected chi connectivity index (χ3v) is 2.60. The minimum absolute atomic E-state index is 0.0479. The molecule has 1 aromatic rings. The molecule has 0 radical (unpaired) electrons. The summed E-state index contributed by atoms with van der Waals surface area (Å²) in [6.45, 7) is -2.59. The van der Waals surface area contributed by atoms with Crippen molar-refractivity contribution < 1.29 is 15.0 Å². The van der Waals surface area contributed by atoms with E-state index in [-0.39, 0.29) is 13.1 Å². The summed E-state index contributed by atoms with van der Waals surface area (Å²) < 4.78 is 42.3. The van der Waals surface area contributed by atoms with Crippen molar-refractivity contribution in [1.82, 2.24) is 5.32 Å². The van der Waals surface area contributed by atoms with Gasteiger partial charge in [-0.3, -0.25) is 0 Å². The van der Waals surface area contributed by atoms with Gasteiger partial charge in [0.05, 0.1) is 5.69 Å². The van der Waals surface area contributed by atoms with Crippen LogP contribution >= 0.6 is 0 Å². The SMILES string of the molecule is [2H]C1([2H])CN(c2cccc3c2OCCO3)CC([2H])([2H])N1. The fourth-order valence-electron chi connectivity index (χ4n) is 1.87. The van der Waals surface area contributed by atoms with E-state index in [1.54, 1.807) is 23.1 Å². The van der Waals surface area contributed by atoms with Crippen molar-refractivity contribution in [3.05, 3.63) is 18.2 Å². The van der Waals surface area contributed by atoms with Crippen LogP contribution in [0.15, 0.2) is 18.2 Å². The zero-order chi connectivity index (χ0) is 14.4. The van der Waals surface area contributed by atoms with Gasteiger partial charge in [-0.15, -0.1) is 0 Å². The van der Waals surface area contributed by atoms with Crippen molar-refractivity contribution in [2.75, 3.05) is 44.2 Å². The lowest BCUT2D eigenvalue weighted by Gasteiger charge is -2.32. The van der Waals surface area contributed by atoms with Gasteiger partial charge in [-0.25, -0.2) is 0 Å². The molecule has 86 valence electrons. The van der Waals surface area contributed by atoms with Crippen LogP contribution in [0.3, 0.4) is 0 Å². The Kier molecular flexibility index (Phi) is 1.67. The maximum absolute atomic E-state index is 7.80. The van der Waals surface area contributed by atoms with E-state index < -0.39 is 13.0 Å².